The minimum Gasteiger partial charge on any atom is -0.365 e. The van der Waals surface area contributed by atoms with Crippen molar-refractivity contribution in [1.29, 1.82) is 0 Å². The van der Waals surface area contributed by atoms with Crippen LogP contribution >= 0.6 is 0 Å². The molecule has 176 valence electrons. The van der Waals surface area contributed by atoms with Crippen molar-refractivity contribution in [2.45, 2.75) is 51.0 Å². The van der Waals surface area contributed by atoms with Gasteiger partial charge in [-0.2, -0.15) is 13.2 Å². The van der Waals surface area contributed by atoms with E-state index in [-0.39, 0.29) is 30.0 Å². The van der Waals surface area contributed by atoms with Crippen molar-refractivity contribution < 1.29 is 18.0 Å². The van der Waals surface area contributed by atoms with Crippen molar-refractivity contribution in [2.75, 3.05) is 5.32 Å². The van der Waals surface area contributed by atoms with Gasteiger partial charge in [-0.15, -0.1) is 0 Å². The fraction of sp³-hybridized carbons (Fsp3) is 0.375. The van der Waals surface area contributed by atoms with Gasteiger partial charge < -0.3 is 10.2 Å². The van der Waals surface area contributed by atoms with E-state index in [1.165, 1.54) is 6.07 Å². The van der Waals surface area contributed by atoms with Crippen LogP contribution in [-0.2, 0) is 6.18 Å². The molecule has 1 saturated carbocycles. The number of nitrogens with one attached hydrogen (secondary N) is 1. The Labute approximate surface area is 194 Å². The zero-order valence-electron chi connectivity index (χ0n) is 18.6. The van der Waals surface area contributed by atoms with Gasteiger partial charge in [-0.3, -0.25) is 9.78 Å². The molecule has 1 aliphatic carbocycles. The second-order valence-electron chi connectivity index (χ2n) is 8.91. The Balaban J connectivity index is 1.40. The number of anilines is 1. The topological polar surface area (TPSA) is 83.9 Å². The Hall–Kier alpha value is -3.56. The van der Waals surface area contributed by atoms with E-state index in [4.69, 9.17) is 0 Å². The molecular weight excluding hydrogens is 445 g/mol. The molecular formula is C24H23F3N6O. The average molecular weight is 468 g/mol. The molecule has 1 aliphatic heterocycles. The van der Waals surface area contributed by atoms with E-state index < -0.39 is 11.7 Å². The maximum Gasteiger partial charge on any atom is 0.417 e. The maximum atomic E-state index is 13.7. The van der Waals surface area contributed by atoms with Crippen molar-refractivity contribution in [3.05, 3.63) is 65.9 Å². The van der Waals surface area contributed by atoms with E-state index >= 15 is 0 Å². The van der Waals surface area contributed by atoms with Crippen molar-refractivity contribution >= 4 is 11.7 Å². The van der Waals surface area contributed by atoms with Crippen LogP contribution in [-0.4, -0.2) is 48.9 Å². The molecule has 4 atom stereocenters. The van der Waals surface area contributed by atoms with Crippen molar-refractivity contribution in [3.63, 3.8) is 0 Å². The number of alkyl halides is 3. The molecule has 10 heteroatoms. The first-order chi connectivity index (χ1) is 16.2. The van der Waals surface area contributed by atoms with Gasteiger partial charge in [0.05, 0.1) is 17.2 Å². The van der Waals surface area contributed by atoms with Gasteiger partial charge in [0, 0.05) is 36.9 Å². The largest absolute Gasteiger partial charge is 0.417 e. The van der Waals surface area contributed by atoms with Crippen molar-refractivity contribution in [1.82, 2.24) is 24.8 Å². The third kappa shape index (κ3) is 3.97. The number of nitrogens with zero attached hydrogens (tertiary/aromatic N) is 5. The van der Waals surface area contributed by atoms with Crippen molar-refractivity contribution in [3.8, 4) is 11.4 Å². The number of hydrogen-bond acceptors (Lipinski definition) is 6. The van der Waals surface area contributed by atoms with E-state index in [9.17, 15) is 18.0 Å². The smallest absolute Gasteiger partial charge is 0.365 e. The summed E-state index contributed by atoms with van der Waals surface area (Å²) in [4.78, 5) is 32.6. The van der Waals surface area contributed by atoms with Crippen LogP contribution in [0.1, 0.15) is 41.4 Å². The molecule has 5 rings (SSSR count). The number of aryl methyl sites for hydroxylation is 1. The summed E-state index contributed by atoms with van der Waals surface area (Å²) in [6.07, 6.45) is 2.91. The maximum absolute atomic E-state index is 13.7. The standard InChI is InChI=1S/C24H23F3N6O/c1-13-8-17(22-28-6-3-7-29-22)21(31-11-13)23(34)33-14(2)15-9-18(19(33)10-15)32-20-5-4-16(12-30-20)24(25,26)27/h3-8,11-12,14-15,18-19H,9-10H2,1-2H3,(H,30,32). The molecule has 2 fully saturated rings. The molecule has 2 bridgehead atoms. The summed E-state index contributed by atoms with van der Waals surface area (Å²) in [6.45, 7) is 3.92. The fourth-order valence-electron chi connectivity index (χ4n) is 5.08. The number of hydrogen-bond donors (Lipinski definition) is 1. The van der Waals surface area contributed by atoms with Crippen LogP contribution in [0.5, 0.6) is 0 Å². The second kappa shape index (κ2) is 8.34. The van der Waals surface area contributed by atoms with Crippen LogP contribution in [0, 0.1) is 12.8 Å². The zero-order chi connectivity index (χ0) is 24.0. The Morgan fingerprint density at radius 2 is 1.85 bits per heavy atom. The SMILES string of the molecule is Cc1cnc(C(=O)N2C(C)C3CC(Nc4ccc(C(F)(F)F)cn4)C2C3)c(-c2ncccn2)c1. The van der Waals surface area contributed by atoms with Gasteiger partial charge >= 0.3 is 6.18 Å². The lowest BCUT2D eigenvalue weighted by Gasteiger charge is -2.38. The Kier molecular flexibility index (Phi) is 5.45. The molecule has 2 aliphatic rings. The van der Waals surface area contributed by atoms with Crippen LogP contribution in [0.3, 0.4) is 0 Å². The van der Waals surface area contributed by atoms with Gasteiger partial charge in [0.1, 0.15) is 11.5 Å². The van der Waals surface area contributed by atoms with Crippen LogP contribution in [0.2, 0.25) is 0 Å². The van der Waals surface area contributed by atoms with Gasteiger partial charge in [0.15, 0.2) is 5.82 Å². The number of carbonyl (C=O) groups is 1. The van der Waals surface area contributed by atoms with E-state index in [0.29, 0.717) is 22.9 Å². The van der Waals surface area contributed by atoms with Crippen LogP contribution < -0.4 is 5.32 Å². The highest BCUT2D eigenvalue weighted by Gasteiger charge is 2.52. The summed E-state index contributed by atoms with van der Waals surface area (Å²) >= 11 is 0. The molecule has 4 heterocycles. The monoisotopic (exact) mass is 468 g/mol. The highest BCUT2D eigenvalue weighted by molar-refractivity contribution is 5.99. The molecule has 0 radical (unpaired) electrons. The van der Waals surface area contributed by atoms with Gasteiger partial charge in [-0.05, 0) is 62.4 Å². The Bertz CT molecular complexity index is 1200. The molecule has 34 heavy (non-hydrogen) atoms. The van der Waals surface area contributed by atoms with E-state index in [2.05, 4.69) is 25.3 Å². The number of fused-ring (bicyclic) bond motifs is 2. The summed E-state index contributed by atoms with van der Waals surface area (Å²) in [5.74, 6) is 0.872. The third-order valence-electron chi connectivity index (χ3n) is 6.74. The fourth-order valence-corrected chi connectivity index (χ4v) is 5.08. The predicted octanol–water partition coefficient (Wildman–Crippen LogP) is 4.36. The summed E-state index contributed by atoms with van der Waals surface area (Å²) in [6, 6.07) is 5.69. The normalized spacial score (nSPS) is 23.9. The number of piperidine rings is 1. The van der Waals surface area contributed by atoms with E-state index in [0.717, 1.165) is 30.7 Å². The van der Waals surface area contributed by atoms with Gasteiger partial charge in [-0.25, -0.2) is 15.0 Å². The highest BCUT2D eigenvalue weighted by Crippen LogP contribution is 2.44. The lowest BCUT2D eigenvalue weighted by Crippen LogP contribution is -2.52. The van der Waals surface area contributed by atoms with Gasteiger partial charge in [0.2, 0.25) is 0 Å². The summed E-state index contributed by atoms with van der Waals surface area (Å²) in [7, 11) is 0. The zero-order valence-corrected chi connectivity index (χ0v) is 18.6. The molecule has 4 unspecified atom stereocenters. The average Bonchev–Trinajstić information content (AvgIpc) is 3.36. The lowest BCUT2D eigenvalue weighted by molar-refractivity contribution is -0.137. The molecule has 3 aromatic rings. The number of pyridine rings is 2. The van der Waals surface area contributed by atoms with E-state index in [1.54, 1.807) is 24.7 Å². The van der Waals surface area contributed by atoms with Crippen molar-refractivity contribution in [2.24, 2.45) is 5.92 Å². The molecule has 1 saturated heterocycles. The number of carbonyl (C=O) groups excluding carboxylic acids is 1. The van der Waals surface area contributed by atoms with Crippen LogP contribution in [0.25, 0.3) is 11.4 Å². The molecule has 3 aromatic heterocycles. The number of rotatable bonds is 4. The molecule has 7 nitrogen and oxygen atoms in total. The number of aromatic nitrogens is 4. The summed E-state index contributed by atoms with van der Waals surface area (Å²) in [5.41, 5.74) is 0.970. The third-order valence-corrected chi connectivity index (χ3v) is 6.74. The van der Waals surface area contributed by atoms with Crippen LogP contribution in [0.4, 0.5) is 19.0 Å². The molecule has 1 N–H and O–H groups in total. The number of likely N-dealkylation sites (tertiary alicyclic amines) is 1. The summed E-state index contributed by atoms with van der Waals surface area (Å²) < 4.78 is 38.6. The molecule has 1 amide bonds. The predicted molar refractivity (Wildman–Crippen MR) is 119 cm³/mol. The first-order valence-corrected chi connectivity index (χ1v) is 11.1. The van der Waals surface area contributed by atoms with Gasteiger partial charge in [0.25, 0.3) is 5.91 Å². The summed E-state index contributed by atoms with van der Waals surface area (Å²) in [5, 5.41) is 3.25. The van der Waals surface area contributed by atoms with Crippen LogP contribution in [0.15, 0.2) is 49.1 Å². The Morgan fingerprint density at radius 1 is 1.09 bits per heavy atom. The number of halogens is 3. The van der Waals surface area contributed by atoms with E-state index in [1.807, 2.05) is 24.8 Å². The second-order valence-corrected chi connectivity index (χ2v) is 8.91. The lowest BCUT2D eigenvalue weighted by atomic mass is 9.97. The number of amides is 1. The molecule has 0 spiro atoms. The quantitative estimate of drug-likeness (QED) is 0.613. The minimum absolute atomic E-state index is 0.0174. The highest BCUT2D eigenvalue weighted by atomic mass is 19.4. The first kappa shape index (κ1) is 22.2. The first-order valence-electron chi connectivity index (χ1n) is 11.1. The molecule has 0 aromatic carbocycles. The Morgan fingerprint density at radius 3 is 2.50 bits per heavy atom. The minimum atomic E-state index is -4.43. The van der Waals surface area contributed by atoms with Gasteiger partial charge in [-0.1, -0.05) is 0 Å².